The lowest BCUT2D eigenvalue weighted by molar-refractivity contribution is -0.151. The van der Waals surface area contributed by atoms with Crippen molar-refractivity contribution < 1.29 is 14.3 Å². The number of carbonyl (C=O) groups is 1. The van der Waals surface area contributed by atoms with Crippen molar-refractivity contribution in [1.82, 2.24) is 4.90 Å². The van der Waals surface area contributed by atoms with Crippen LogP contribution >= 0.6 is 0 Å². The summed E-state index contributed by atoms with van der Waals surface area (Å²) < 4.78 is 5.55. The number of carboxylic acids is 1. The largest absolute Gasteiger partial charge is 0.480 e. The number of aryl methyl sites for hydroxylation is 1. The number of furan rings is 1. The summed E-state index contributed by atoms with van der Waals surface area (Å²) in [5, 5.41) is 9.46. The second-order valence-electron chi connectivity index (χ2n) is 5.82. The number of aliphatic carboxylic acids is 1. The minimum absolute atomic E-state index is 0.189. The number of likely N-dealkylation sites (tertiary alicyclic amines) is 1. The Hall–Kier alpha value is -1.29. The van der Waals surface area contributed by atoms with E-state index in [1.807, 2.05) is 37.8 Å². The molecule has 1 atom stereocenters. The van der Waals surface area contributed by atoms with E-state index in [9.17, 15) is 9.90 Å². The molecule has 2 heterocycles. The van der Waals surface area contributed by atoms with Gasteiger partial charge < -0.3 is 9.52 Å². The second kappa shape index (κ2) is 4.76. The number of hydrogen-bond acceptors (Lipinski definition) is 3. The van der Waals surface area contributed by atoms with Crippen LogP contribution in [0, 0.1) is 12.3 Å². The maximum atomic E-state index is 11.5. The van der Waals surface area contributed by atoms with Crippen molar-refractivity contribution in [3.63, 3.8) is 0 Å². The van der Waals surface area contributed by atoms with Crippen LogP contribution in [-0.4, -0.2) is 28.6 Å². The van der Waals surface area contributed by atoms with Crippen molar-refractivity contribution in [2.24, 2.45) is 5.41 Å². The summed E-state index contributed by atoms with van der Waals surface area (Å²) >= 11 is 0. The molecule has 1 saturated heterocycles. The number of hydrogen-bond donors (Lipinski definition) is 1. The monoisotopic (exact) mass is 251 g/mol. The summed E-state index contributed by atoms with van der Waals surface area (Å²) in [6.07, 6.45) is 1.99. The van der Waals surface area contributed by atoms with Gasteiger partial charge in [-0.15, -0.1) is 0 Å². The van der Waals surface area contributed by atoms with Crippen LogP contribution in [0.4, 0.5) is 0 Å². The van der Waals surface area contributed by atoms with Crippen LogP contribution in [0.3, 0.4) is 0 Å². The molecule has 0 amide bonds. The first-order valence-corrected chi connectivity index (χ1v) is 6.42. The quantitative estimate of drug-likeness (QED) is 0.897. The van der Waals surface area contributed by atoms with Gasteiger partial charge in [0.15, 0.2) is 0 Å². The standard InChI is InChI=1S/C14H21NO3/c1-10-5-6-11(18-10)9-15-8-4-7-14(2,3)12(15)13(16)17/h5-6,12H,4,7-9H2,1-3H3,(H,16,17). The SMILES string of the molecule is Cc1ccc(CN2CCCC(C)(C)C2C(=O)O)o1. The Bertz CT molecular complexity index is 436. The molecule has 4 nitrogen and oxygen atoms in total. The highest BCUT2D eigenvalue weighted by atomic mass is 16.4. The molecule has 0 saturated carbocycles. The molecule has 1 aromatic heterocycles. The molecule has 1 aliphatic heterocycles. The average molecular weight is 251 g/mol. The van der Waals surface area contributed by atoms with Gasteiger partial charge >= 0.3 is 5.97 Å². The summed E-state index contributed by atoms with van der Waals surface area (Å²) in [6, 6.07) is 3.41. The van der Waals surface area contributed by atoms with Crippen LogP contribution in [-0.2, 0) is 11.3 Å². The molecule has 0 aromatic carbocycles. The zero-order chi connectivity index (χ0) is 13.3. The van der Waals surface area contributed by atoms with E-state index >= 15 is 0 Å². The molecular weight excluding hydrogens is 230 g/mol. The highest BCUT2D eigenvalue weighted by Gasteiger charge is 2.42. The van der Waals surface area contributed by atoms with E-state index in [4.69, 9.17) is 4.42 Å². The zero-order valence-corrected chi connectivity index (χ0v) is 11.3. The fourth-order valence-corrected chi connectivity index (χ4v) is 2.93. The van der Waals surface area contributed by atoms with Crippen LogP contribution < -0.4 is 0 Å². The Morgan fingerprint density at radius 1 is 1.56 bits per heavy atom. The van der Waals surface area contributed by atoms with E-state index in [2.05, 4.69) is 0 Å². The van der Waals surface area contributed by atoms with Gasteiger partial charge in [0.05, 0.1) is 6.54 Å². The van der Waals surface area contributed by atoms with Gasteiger partial charge in [0.1, 0.15) is 17.6 Å². The normalized spacial score (nSPS) is 24.1. The fourth-order valence-electron chi connectivity index (χ4n) is 2.93. The number of rotatable bonds is 3. The third kappa shape index (κ3) is 2.58. The Labute approximate surface area is 108 Å². The molecule has 0 aliphatic carbocycles. The maximum absolute atomic E-state index is 11.5. The van der Waals surface area contributed by atoms with Crippen molar-refractivity contribution in [1.29, 1.82) is 0 Å². The van der Waals surface area contributed by atoms with Gasteiger partial charge in [-0.1, -0.05) is 13.8 Å². The van der Waals surface area contributed by atoms with E-state index in [0.29, 0.717) is 6.54 Å². The number of nitrogens with zero attached hydrogens (tertiary/aromatic N) is 1. The summed E-state index contributed by atoms with van der Waals surface area (Å²) in [4.78, 5) is 13.5. The first-order valence-electron chi connectivity index (χ1n) is 6.42. The molecule has 2 rings (SSSR count). The van der Waals surface area contributed by atoms with Gasteiger partial charge in [-0.2, -0.15) is 0 Å². The van der Waals surface area contributed by atoms with Crippen LogP contribution in [0.1, 0.15) is 38.2 Å². The van der Waals surface area contributed by atoms with Crippen LogP contribution in [0.5, 0.6) is 0 Å². The minimum atomic E-state index is -0.733. The molecule has 100 valence electrons. The summed E-state index contributed by atoms with van der Waals surface area (Å²) in [5.74, 6) is 0.979. The first-order chi connectivity index (χ1) is 8.40. The van der Waals surface area contributed by atoms with Crippen molar-refractivity contribution >= 4 is 5.97 Å². The average Bonchev–Trinajstić information content (AvgIpc) is 2.61. The van der Waals surface area contributed by atoms with Gasteiger partial charge in [-0.3, -0.25) is 9.69 Å². The second-order valence-corrected chi connectivity index (χ2v) is 5.82. The van der Waals surface area contributed by atoms with Crippen molar-refractivity contribution in [2.45, 2.75) is 46.2 Å². The topological polar surface area (TPSA) is 53.7 Å². The van der Waals surface area contributed by atoms with Gasteiger partial charge in [0.25, 0.3) is 0 Å². The van der Waals surface area contributed by atoms with Crippen molar-refractivity contribution in [3.8, 4) is 0 Å². The Morgan fingerprint density at radius 3 is 2.83 bits per heavy atom. The first kappa shape index (κ1) is 13.1. The molecule has 1 fully saturated rings. The molecule has 1 N–H and O–H groups in total. The van der Waals surface area contributed by atoms with Gasteiger partial charge in [0.2, 0.25) is 0 Å². The molecule has 1 aromatic rings. The van der Waals surface area contributed by atoms with Crippen LogP contribution in [0.2, 0.25) is 0 Å². The predicted molar refractivity (Wildman–Crippen MR) is 68.3 cm³/mol. The van der Waals surface area contributed by atoms with E-state index < -0.39 is 12.0 Å². The van der Waals surface area contributed by atoms with Crippen molar-refractivity contribution in [3.05, 3.63) is 23.7 Å². The molecule has 0 spiro atoms. The van der Waals surface area contributed by atoms with Gasteiger partial charge in [0, 0.05) is 0 Å². The lowest BCUT2D eigenvalue weighted by Crippen LogP contribution is -2.53. The lowest BCUT2D eigenvalue weighted by atomic mass is 9.76. The molecule has 0 bridgehead atoms. The summed E-state index contributed by atoms with van der Waals surface area (Å²) in [6.45, 7) is 7.36. The highest BCUT2D eigenvalue weighted by molar-refractivity contribution is 5.74. The smallest absolute Gasteiger partial charge is 0.321 e. The van der Waals surface area contributed by atoms with Crippen LogP contribution in [0.25, 0.3) is 0 Å². The minimum Gasteiger partial charge on any atom is -0.480 e. The van der Waals surface area contributed by atoms with Gasteiger partial charge in [-0.05, 0) is 43.9 Å². The molecule has 0 radical (unpaired) electrons. The van der Waals surface area contributed by atoms with Crippen molar-refractivity contribution in [2.75, 3.05) is 6.54 Å². The maximum Gasteiger partial charge on any atom is 0.321 e. The van der Waals surface area contributed by atoms with E-state index in [0.717, 1.165) is 30.9 Å². The van der Waals surface area contributed by atoms with Gasteiger partial charge in [-0.25, -0.2) is 0 Å². The van der Waals surface area contributed by atoms with E-state index in [1.165, 1.54) is 0 Å². The Kier molecular flexibility index (Phi) is 3.48. The van der Waals surface area contributed by atoms with E-state index in [1.54, 1.807) is 0 Å². The van der Waals surface area contributed by atoms with E-state index in [-0.39, 0.29) is 5.41 Å². The van der Waals surface area contributed by atoms with Crippen LogP contribution in [0.15, 0.2) is 16.5 Å². The highest BCUT2D eigenvalue weighted by Crippen LogP contribution is 2.36. The third-order valence-corrected chi connectivity index (χ3v) is 3.76. The molecule has 1 unspecified atom stereocenters. The lowest BCUT2D eigenvalue weighted by Gasteiger charge is -2.43. The summed E-state index contributed by atoms with van der Waals surface area (Å²) in [5.41, 5.74) is -0.189. The number of piperidine rings is 1. The molecule has 1 aliphatic rings. The zero-order valence-electron chi connectivity index (χ0n) is 11.3. The fraction of sp³-hybridized carbons (Fsp3) is 0.643. The molecule has 18 heavy (non-hydrogen) atoms. The Balaban J connectivity index is 2.17. The summed E-state index contributed by atoms with van der Waals surface area (Å²) in [7, 11) is 0. The third-order valence-electron chi connectivity index (χ3n) is 3.76. The number of carboxylic acid groups (broad SMARTS) is 1. The Morgan fingerprint density at radius 2 is 2.28 bits per heavy atom. The molecule has 4 heteroatoms. The molecular formula is C14H21NO3. The predicted octanol–water partition coefficient (Wildman–Crippen LogP) is 2.66.